The van der Waals surface area contributed by atoms with Crippen LogP contribution in [0.4, 0.5) is 27.5 Å². The van der Waals surface area contributed by atoms with E-state index in [1.165, 1.54) is 18.2 Å². The summed E-state index contributed by atoms with van der Waals surface area (Å²) in [5, 5.41) is 8.46. The number of anilines is 2. The number of nitrogens with zero attached hydrogens (tertiary/aromatic N) is 2. The van der Waals surface area contributed by atoms with Crippen LogP contribution in [-0.4, -0.2) is 44.9 Å². The first-order valence-corrected chi connectivity index (χ1v) is 13.1. The van der Waals surface area contributed by atoms with Gasteiger partial charge in [0.2, 0.25) is 0 Å². The fourth-order valence-electron chi connectivity index (χ4n) is 2.93. The van der Waals surface area contributed by atoms with E-state index in [0.717, 1.165) is 0 Å². The number of amides is 2. The molecule has 0 bridgehead atoms. The van der Waals surface area contributed by atoms with Gasteiger partial charge in [-0.25, -0.2) is 30.0 Å². The fourth-order valence-corrected chi connectivity index (χ4v) is 4.88. The number of carbonyl (C=O) groups is 1. The third-order valence-corrected chi connectivity index (χ3v) is 6.89. The molecule has 38 heavy (non-hydrogen) atoms. The molecule has 15 nitrogen and oxygen atoms in total. The van der Waals surface area contributed by atoms with Crippen LogP contribution in [0.25, 0.3) is 10.8 Å². The Morgan fingerprint density at radius 1 is 0.737 bits per heavy atom. The topological polar surface area (TPSA) is 277 Å². The standard InChI is InChI=1S/C17H15N5O10S3.3Na/c18-9-1-2-12(13(5-9)20-17(19)23)21-22-14-7-11-8(4-16(14)35(30,31)32)3-10(33(24,25)26)6-15(11)34(27,28)29;;;/h1-7H,18H2,(H3,19,20,23)(H,24,25,26)(H,27,28,29)(H,30,31,32);;;/q;3*+1/p-3. The average molecular weight is 611 g/mol. The number of hydrogen-bond acceptors (Lipinski definition) is 13. The first-order valence-electron chi connectivity index (χ1n) is 8.84. The summed E-state index contributed by atoms with van der Waals surface area (Å²) >= 11 is 0. The van der Waals surface area contributed by atoms with Crippen molar-refractivity contribution in [1.82, 2.24) is 0 Å². The number of carbonyl (C=O) groups excluding carboxylic acids is 1. The average Bonchev–Trinajstić information content (AvgIpc) is 2.69. The van der Waals surface area contributed by atoms with Gasteiger partial charge in [-0.05, 0) is 47.9 Å². The maximum Gasteiger partial charge on any atom is 1.00 e. The van der Waals surface area contributed by atoms with Crippen LogP contribution in [0.3, 0.4) is 0 Å². The molecule has 0 aromatic heterocycles. The molecule has 0 saturated heterocycles. The summed E-state index contributed by atoms with van der Waals surface area (Å²) in [7, 11) is -16.0. The summed E-state index contributed by atoms with van der Waals surface area (Å²) in [4.78, 5) is 7.79. The predicted molar refractivity (Wildman–Crippen MR) is 116 cm³/mol. The van der Waals surface area contributed by atoms with E-state index in [9.17, 15) is 43.7 Å². The number of urea groups is 1. The summed E-state index contributed by atoms with van der Waals surface area (Å²) in [6.45, 7) is 0. The van der Waals surface area contributed by atoms with Gasteiger partial charge in [-0.15, -0.1) is 10.2 Å². The van der Waals surface area contributed by atoms with E-state index in [-0.39, 0.29) is 106 Å². The van der Waals surface area contributed by atoms with Crippen molar-refractivity contribution in [2.75, 3.05) is 11.1 Å². The Morgan fingerprint density at radius 2 is 1.29 bits per heavy atom. The summed E-state index contributed by atoms with van der Waals surface area (Å²) < 4.78 is 105. The number of primary amides is 1. The molecule has 0 radical (unpaired) electrons. The quantitative estimate of drug-likeness (QED) is 0.102. The van der Waals surface area contributed by atoms with Crippen molar-refractivity contribution < 1.29 is 132 Å². The molecular weight excluding hydrogens is 599 g/mol. The predicted octanol–water partition coefficient (Wildman–Crippen LogP) is -7.95. The van der Waals surface area contributed by atoms with E-state index in [4.69, 9.17) is 11.5 Å². The van der Waals surface area contributed by atoms with Crippen LogP contribution in [-0.2, 0) is 30.4 Å². The number of nitrogen functional groups attached to an aromatic ring is 1. The number of fused-ring (bicyclic) bond motifs is 1. The third kappa shape index (κ3) is 9.18. The minimum Gasteiger partial charge on any atom is -0.744 e. The smallest absolute Gasteiger partial charge is 0.744 e. The molecule has 0 aliphatic rings. The second-order valence-electron chi connectivity index (χ2n) is 6.79. The summed E-state index contributed by atoms with van der Waals surface area (Å²) in [5.74, 6) is 0. The summed E-state index contributed by atoms with van der Waals surface area (Å²) in [5.41, 5.74) is 9.95. The van der Waals surface area contributed by atoms with Gasteiger partial charge in [0.05, 0.1) is 20.4 Å². The Labute approximate surface area is 282 Å². The molecule has 3 aromatic carbocycles. The molecule has 0 atom stereocenters. The fraction of sp³-hybridized carbons (Fsp3) is 0. The van der Waals surface area contributed by atoms with Crippen molar-refractivity contribution in [3.63, 3.8) is 0 Å². The monoisotopic (exact) mass is 611 g/mol. The van der Waals surface area contributed by atoms with Crippen LogP contribution < -0.4 is 105 Å². The summed E-state index contributed by atoms with van der Waals surface area (Å²) in [6, 6.07) is 4.93. The summed E-state index contributed by atoms with van der Waals surface area (Å²) in [6.07, 6.45) is 0. The van der Waals surface area contributed by atoms with Gasteiger partial charge in [0.25, 0.3) is 0 Å². The van der Waals surface area contributed by atoms with Crippen molar-refractivity contribution in [2.45, 2.75) is 14.7 Å². The van der Waals surface area contributed by atoms with Gasteiger partial charge in [0.1, 0.15) is 41.7 Å². The van der Waals surface area contributed by atoms with Crippen molar-refractivity contribution >= 4 is 69.9 Å². The molecule has 0 heterocycles. The van der Waals surface area contributed by atoms with Gasteiger partial charge >= 0.3 is 94.7 Å². The largest absolute Gasteiger partial charge is 1.00 e. The number of nitrogens with two attached hydrogens (primary N) is 2. The van der Waals surface area contributed by atoms with Crippen LogP contribution in [0, 0.1) is 0 Å². The van der Waals surface area contributed by atoms with Gasteiger partial charge in [-0.3, -0.25) is 0 Å². The van der Waals surface area contributed by atoms with Crippen molar-refractivity contribution in [2.24, 2.45) is 16.0 Å². The molecule has 2 amide bonds. The van der Waals surface area contributed by atoms with E-state index in [1.54, 1.807) is 0 Å². The molecule has 0 spiro atoms. The Balaban J connectivity index is 0.00000456. The van der Waals surface area contributed by atoms with Gasteiger partial charge in [-0.1, -0.05) is 0 Å². The molecular formula is C17H12N5Na3O10S3. The van der Waals surface area contributed by atoms with Crippen LogP contribution >= 0.6 is 0 Å². The van der Waals surface area contributed by atoms with Crippen LogP contribution in [0.5, 0.6) is 0 Å². The van der Waals surface area contributed by atoms with E-state index in [0.29, 0.717) is 24.3 Å². The number of azo groups is 1. The zero-order valence-corrected chi connectivity index (χ0v) is 28.3. The molecule has 186 valence electrons. The molecule has 0 saturated carbocycles. The number of nitrogens with one attached hydrogen (secondary N) is 1. The SMILES string of the molecule is NC(=O)Nc1cc(N)ccc1N=Nc1cc2c(S(=O)(=O)[O-])cc(S(=O)(=O)[O-])cc2cc1S(=O)(=O)[O-].[Na+].[Na+].[Na+]. The number of hydrogen-bond donors (Lipinski definition) is 3. The van der Waals surface area contributed by atoms with Crippen LogP contribution in [0.15, 0.2) is 67.4 Å². The van der Waals surface area contributed by atoms with E-state index < -0.39 is 67.5 Å². The molecule has 3 aromatic rings. The molecule has 0 unspecified atom stereocenters. The minimum atomic E-state index is -5.40. The first-order chi connectivity index (χ1) is 16.0. The first kappa shape index (κ1) is 37.3. The van der Waals surface area contributed by atoms with Crippen molar-refractivity contribution in [3.8, 4) is 0 Å². The van der Waals surface area contributed by atoms with Crippen molar-refractivity contribution in [3.05, 3.63) is 42.5 Å². The van der Waals surface area contributed by atoms with Gasteiger partial charge < -0.3 is 30.4 Å². The van der Waals surface area contributed by atoms with E-state index in [2.05, 4.69) is 15.5 Å². The van der Waals surface area contributed by atoms with Gasteiger partial charge in [-0.2, -0.15) is 0 Å². The van der Waals surface area contributed by atoms with E-state index >= 15 is 0 Å². The number of rotatable bonds is 6. The molecule has 0 aliphatic heterocycles. The minimum absolute atomic E-state index is 0. The zero-order valence-electron chi connectivity index (χ0n) is 19.9. The zero-order chi connectivity index (χ0) is 26.3. The molecule has 21 heteroatoms. The second kappa shape index (κ2) is 13.8. The molecule has 0 aliphatic carbocycles. The van der Waals surface area contributed by atoms with Crippen molar-refractivity contribution in [1.29, 1.82) is 0 Å². The Morgan fingerprint density at radius 3 is 1.79 bits per heavy atom. The Kier molecular flexibility index (Phi) is 13.5. The maximum absolute atomic E-state index is 11.8. The normalized spacial score (nSPS) is 11.8. The number of benzene rings is 3. The Bertz CT molecular complexity index is 1750. The maximum atomic E-state index is 11.8. The molecule has 3 rings (SSSR count). The second-order valence-corrected chi connectivity index (χ2v) is 10.9. The molecule has 5 N–H and O–H groups in total. The van der Waals surface area contributed by atoms with Crippen LogP contribution in [0.2, 0.25) is 0 Å². The Hall–Kier alpha value is -0.680. The van der Waals surface area contributed by atoms with Gasteiger partial charge in [0, 0.05) is 11.1 Å². The van der Waals surface area contributed by atoms with Crippen LogP contribution in [0.1, 0.15) is 0 Å². The van der Waals surface area contributed by atoms with Gasteiger partial charge in [0.15, 0.2) is 0 Å². The van der Waals surface area contributed by atoms with E-state index in [1.807, 2.05) is 0 Å². The third-order valence-electron chi connectivity index (χ3n) is 4.34. The molecule has 0 fully saturated rings.